The molecule has 2 atom stereocenters. The fraction of sp³-hybridized carbons (Fsp3) is 0.607. The average Bonchev–Trinajstić information content (AvgIpc) is 3.57. The van der Waals surface area contributed by atoms with Crippen molar-refractivity contribution in [3.63, 3.8) is 0 Å². The molecule has 2 aliphatic carbocycles. The maximum atomic E-state index is 12.6. The molecule has 0 aromatic carbocycles. The monoisotopic (exact) mass is 523 g/mol. The number of nitrogens with zero attached hydrogens (tertiary/aromatic N) is 5. The number of aromatic nitrogens is 3. The molecule has 204 valence electrons. The third kappa shape index (κ3) is 6.44. The number of esters is 1. The Labute approximate surface area is 223 Å². The van der Waals surface area contributed by atoms with Crippen LogP contribution in [0.3, 0.4) is 0 Å². The summed E-state index contributed by atoms with van der Waals surface area (Å²) in [6.07, 6.45) is 8.18. The molecule has 0 bridgehead atoms. The maximum Gasteiger partial charge on any atom is 0.410 e. The minimum absolute atomic E-state index is 0.0412. The second kappa shape index (κ2) is 12.3. The molecule has 38 heavy (non-hydrogen) atoms. The summed E-state index contributed by atoms with van der Waals surface area (Å²) >= 11 is 0. The van der Waals surface area contributed by atoms with Crippen LogP contribution in [0.2, 0.25) is 0 Å². The summed E-state index contributed by atoms with van der Waals surface area (Å²) < 4.78 is 18.8. The number of aryl methyl sites for hydroxylation is 1. The number of hydrogen-bond donors (Lipinski definition) is 0. The molecule has 0 unspecified atom stereocenters. The molecule has 10 nitrogen and oxygen atoms in total. The molecule has 0 aliphatic heterocycles. The van der Waals surface area contributed by atoms with E-state index in [2.05, 4.69) is 16.2 Å². The van der Waals surface area contributed by atoms with Crippen LogP contribution in [0.1, 0.15) is 76.6 Å². The standard InChI is InChI=1S/C28H37N5O5/c1-18(2)37-27(34)19-8-7-11-21(14-19)38-26-13-12-23(31-24(26)15-29)22-16-30-33(4)25(22)17-36-28(35)32(3)20-9-5-6-10-20/h12-13,16,18-21H,5-11,14,17H2,1-4H3/t19-,21-/m0/s1. The second-order valence-electron chi connectivity index (χ2n) is 10.5. The highest BCUT2D eigenvalue weighted by atomic mass is 16.6. The molecule has 2 aromatic heterocycles. The molecule has 0 radical (unpaired) electrons. The molecule has 4 rings (SSSR count). The number of ether oxygens (including phenoxy) is 3. The number of pyridine rings is 1. The molecule has 2 heterocycles. The zero-order valence-corrected chi connectivity index (χ0v) is 22.7. The van der Waals surface area contributed by atoms with Crippen LogP contribution in [0.5, 0.6) is 5.75 Å². The summed E-state index contributed by atoms with van der Waals surface area (Å²) in [5.41, 5.74) is 2.06. The highest BCUT2D eigenvalue weighted by Gasteiger charge is 2.31. The minimum Gasteiger partial charge on any atom is -0.487 e. The highest BCUT2D eigenvalue weighted by Crippen LogP contribution is 2.32. The smallest absolute Gasteiger partial charge is 0.410 e. The van der Waals surface area contributed by atoms with Crippen LogP contribution in [0.25, 0.3) is 11.3 Å². The Bertz CT molecular complexity index is 1180. The molecule has 2 saturated carbocycles. The average molecular weight is 524 g/mol. The largest absolute Gasteiger partial charge is 0.487 e. The Kier molecular flexibility index (Phi) is 8.87. The lowest BCUT2D eigenvalue weighted by Gasteiger charge is -2.29. The van der Waals surface area contributed by atoms with Gasteiger partial charge in [0.25, 0.3) is 0 Å². The molecule has 0 saturated heterocycles. The SMILES string of the molecule is CC(C)OC(=O)[C@H]1CCC[C@H](Oc2ccc(-c3cnn(C)c3COC(=O)N(C)C3CCCC3)nc2C#N)C1. The van der Waals surface area contributed by atoms with Crippen molar-refractivity contribution in [3.8, 4) is 23.1 Å². The summed E-state index contributed by atoms with van der Waals surface area (Å²) in [6, 6.07) is 5.86. The van der Waals surface area contributed by atoms with Crippen LogP contribution in [0.4, 0.5) is 4.79 Å². The fourth-order valence-corrected chi connectivity index (χ4v) is 5.27. The third-order valence-electron chi connectivity index (χ3n) is 7.40. The van der Waals surface area contributed by atoms with Gasteiger partial charge in [-0.05, 0) is 64.5 Å². The quantitative estimate of drug-likeness (QED) is 0.455. The third-order valence-corrected chi connectivity index (χ3v) is 7.40. The maximum absolute atomic E-state index is 12.6. The van der Waals surface area contributed by atoms with Crippen LogP contribution < -0.4 is 4.74 Å². The summed E-state index contributed by atoms with van der Waals surface area (Å²) in [5, 5.41) is 14.1. The lowest BCUT2D eigenvalue weighted by molar-refractivity contribution is -0.154. The van der Waals surface area contributed by atoms with Crippen molar-refractivity contribution in [3.05, 3.63) is 29.7 Å². The zero-order chi connectivity index (χ0) is 27.2. The van der Waals surface area contributed by atoms with E-state index in [1.54, 1.807) is 42.0 Å². The minimum atomic E-state index is -0.360. The normalized spacial score (nSPS) is 19.7. The Morgan fingerprint density at radius 1 is 1.18 bits per heavy atom. The molecule has 2 fully saturated rings. The van der Waals surface area contributed by atoms with E-state index < -0.39 is 0 Å². The number of rotatable bonds is 8. The Morgan fingerprint density at radius 3 is 2.66 bits per heavy atom. The first-order valence-electron chi connectivity index (χ1n) is 13.5. The summed E-state index contributed by atoms with van der Waals surface area (Å²) in [5.74, 6) is -0.0157. The van der Waals surface area contributed by atoms with Gasteiger partial charge >= 0.3 is 12.1 Å². The van der Waals surface area contributed by atoms with Crippen LogP contribution in [-0.2, 0) is 27.9 Å². The summed E-state index contributed by atoms with van der Waals surface area (Å²) in [6.45, 7) is 3.72. The molecular weight excluding hydrogens is 486 g/mol. The number of carbonyl (C=O) groups is 2. The van der Waals surface area contributed by atoms with E-state index in [4.69, 9.17) is 14.2 Å². The number of nitriles is 1. The topological polar surface area (TPSA) is 120 Å². The Hall–Kier alpha value is -3.61. The highest BCUT2D eigenvalue weighted by molar-refractivity contribution is 5.72. The van der Waals surface area contributed by atoms with Crippen molar-refractivity contribution in [2.24, 2.45) is 13.0 Å². The number of hydrogen-bond acceptors (Lipinski definition) is 8. The molecule has 0 spiro atoms. The van der Waals surface area contributed by atoms with Gasteiger partial charge in [-0.2, -0.15) is 10.4 Å². The Morgan fingerprint density at radius 2 is 1.95 bits per heavy atom. The van der Waals surface area contributed by atoms with Gasteiger partial charge in [0.05, 0.1) is 35.7 Å². The van der Waals surface area contributed by atoms with Gasteiger partial charge in [0.2, 0.25) is 0 Å². The first-order chi connectivity index (χ1) is 18.3. The van der Waals surface area contributed by atoms with Gasteiger partial charge in [-0.1, -0.05) is 12.8 Å². The van der Waals surface area contributed by atoms with Gasteiger partial charge in [-0.3, -0.25) is 9.48 Å². The van der Waals surface area contributed by atoms with E-state index in [1.165, 1.54) is 0 Å². The summed E-state index contributed by atoms with van der Waals surface area (Å²) in [7, 11) is 3.56. The van der Waals surface area contributed by atoms with E-state index in [0.29, 0.717) is 29.1 Å². The van der Waals surface area contributed by atoms with Gasteiger partial charge in [-0.15, -0.1) is 0 Å². The zero-order valence-electron chi connectivity index (χ0n) is 22.7. The van der Waals surface area contributed by atoms with Crippen molar-refractivity contribution in [2.45, 2.75) is 90.1 Å². The van der Waals surface area contributed by atoms with Crippen molar-refractivity contribution in [1.82, 2.24) is 19.7 Å². The van der Waals surface area contributed by atoms with Gasteiger partial charge < -0.3 is 19.1 Å². The molecule has 2 aliphatic rings. The molecule has 1 amide bonds. The van der Waals surface area contributed by atoms with Crippen molar-refractivity contribution < 1.29 is 23.8 Å². The summed E-state index contributed by atoms with van der Waals surface area (Å²) in [4.78, 5) is 31.2. The lowest BCUT2D eigenvalue weighted by Crippen LogP contribution is -2.35. The van der Waals surface area contributed by atoms with E-state index in [1.807, 2.05) is 13.8 Å². The van der Waals surface area contributed by atoms with Crippen LogP contribution in [0.15, 0.2) is 18.3 Å². The second-order valence-corrected chi connectivity index (χ2v) is 10.5. The van der Waals surface area contributed by atoms with Gasteiger partial charge in [-0.25, -0.2) is 9.78 Å². The predicted octanol–water partition coefficient (Wildman–Crippen LogP) is 4.75. The van der Waals surface area contributed by atoms with Crippen molar-refractivity contribution >= 4 is 12.1 Å². The van der Waals surface area contributed by atoms with E-state index in [-0.39, 0.29) is 48.5 Å². The molecule has 2 aromatic rings. The van der Waals surface area contributed by atoms with Crippen LogP contribution in [-0.4, -0.2) is 57.0 Å². The molecular formula is C28H37N5O5. The predicted molar refractivity (Wildman–Crippen MR) is 139 cm³/mol. The Balaban J connectivity index is 1.44. The first-order valence-corrected chi connectivity index (χ1v) is 13.5. The first kappa shape index (κ1) is 27.4. The number of carbonyl (C=O) groups excluding carboxylic acids is 2. The van der Waals surface area contributed by atoms with Gasteiger partial charge in [0, 0.05) is 25.7 Å². The fourth-order valence-electron chi connectivity index (χ4n) is 5.27. The van der Waals surface area contributed by atoms with E-state index in [0.717, 1.165) is 44.9 Å². The molecule has 10 heteroatoms. The van der Waals surface area contributed by atoms with Gasteiger partial charge in [0.15, 0.2) is 11.4 Å². The van der Waals surface area contributed by atoms with E-state index >= 15 is 0 Å². The van der Waals surface area contributed by atoms with Crippen LogP contribution in [0, 0.1) is 17.2 Å². The van der Waals surface area contributed by atoms with Crippen molar-refractivity contribution in [2.75, 3.05) is 7.05 Å². The van der Waals surface area contributed by atoms with Crippen LogP contribution >= 0.6 is 0 Å². The lowest BCUT2D eigenvalue weighted by atomic mass is 9.87. The van der Waals surface area contributed by atoms with E-state index in [9.17, 15) is 14.9 Å². The van der Waals surface area contributed by atoms with Crippen molar-refractivity contribution in [1.29, 1.82) is 5.26 Å². The molecule has 0 N–H and O–H groups in total. The number of amides is 1. The van der Waals surface area contributed by atoms with Gasteiger partial charge in [0.1, 0.15) is 12.7 Å².